The number of carbonyl (C=O) groups is 1. The zero-order valence-corrected chi connectivity index (χ0v) is 13.5. The summed E-state index contributed by atoms with van der Waals surface area (Å²) < 4.78 is 5.44. The number of hydrogen-bond donors (Lipinski definition) is 1. The molecule has 1 amide bonds. The van der Waals surface area contributed by atoms with Crippen LogP contribution in [0.2, 0.25) is 0 Å². The molecule has 0 unspecified atom stereocenters. The molecule has 1 aromatic carbocycles. The number of amidine groups is 1. The summed E-state index contributed by atoms with van der Waals surface area (Å²) in [6, 6.07) is 7.81. The Bertz CT molecular complexity index is 522. The largest absolute Gasteiger partial charge is 0.465 e. The fourth-order valence-corrected chi connectivity index (χ4v) is 2.55. The van der Waals surface area contributed by atoms with Crippen molar-refractivity contribution in [2.24, 2.45) is 4.99 Å². The van der Waals surface area contributed by atoms with Crippen LogP contribution in [0.3, 0.4) is 0 Å². The van der Waals surface area contributed by atoms with Crippen LogP contribution in [0.15, 0.2) is 29.3 Å². The first-order valence-corrected chi connectivity index (χ1v) is 7.97. The number of nitrogens with zero attached hydrogens (tertiary/aromatic N) is 2. The lowest BCUT2D eigenvalue weighted by Gasteiger charge is -2.14. The summed E-state index contributed by atoms with van der Waals surface area (Å²) in [7, 11) is 0. The van der Waals surface area contributed by atoms with Crippen LogP contribution in [-0.2, 0) is 4.74 Å². The van der Waals surface area contributed by atoms with E-state index in [2.05, 4.69) is 15.2 Å². The van der Waals surface area contributed by atoms with Gasteiger partial charge in [0, 0.05) is 12.1 Å². The standard InChI is InChI=1S/C17H25N3O2/c1-3-22-17(18-10-13-20-11-6-7-12-20)19-16(21)15-9-5-4-8-14(15)2/h4-5,8-9H,3,6-7,10-13H2,1-2H3,(H,18,19,21). The highest BCUT2D eigenvalue weighted by atomic mass is 16.5. The number of hydrogen-bond acceptors (Lipinski definition) is 4. The Labute approximate surface area is 132 Å². The van der Waals surface area contributed by atoms with E-state index in [4.69, 9.17) is 4.74 Å². The zero-order valence-electron chi connectivity index (χ0n) is 13.5. The molecule has 0 aromatic heterocycles. The van der Waals surface area contributed by atoms with Crippen molar-refractivity contribution in [1.82, 2.24) is 10.2 Å². The minimum Gasteiger partial charge on any atom is -0.465 e. The van der Waals surface area contributed by atoms with Gasteiger partial charge in [0.05, 0.1) is 13.2 Å². The van der Waals surface area contributed by atoms with Crippen molar-refractivity contribution in [1.29, 1.82) is 0 Å². The van der Waals surface area contributed by atoms with Crippen molar-refractivity contribution in [2.75, 3.05) is 32.8 Å². The Kier molecular flexibility index (Phi) is 6.40. The van der Waals surface area contributed by atoms with Gasteiger partial charge in [-0.15, -0.1) is 0 Å². The van der Waals surface area contributed by atoms with Gasteiger partial charge >= 0.3 is 0 Å². The maximum absolute atomic E-state index is 12.3. The topological polar surface area (TPSA) is 53.9 Å². The first-order valence-electron chi connectivity index (χ1n) is 7.97. The Hall–Kier alpha value is -1.88. The highest BCUT2D eigenvalue weighted by molar-refractivity contribution is 6.04. The molecule has 1 saturated heterocycles. The number of aliphatic imine (C=N–C) groups is 1. The van der Waals surface area contributed by atoms with Crippen molar-refractivity contribution >= 4 is 11.9 Å². The van der Waals surface area contributed by atoms with Gasteiger partial charge < -0.3 is 9.64 Å². The van der Waals surface area contributed by atoms with Gasteiger partial charge in [-0.3, -0.25) is 10.1 Å². The van der Waals surface area contributed by atoms with Gasteiger partial charge in [-0.2, -0.15) is 0 Å². The first-order chi connectivity index (χ1) is 10.7. The second-order valence-corrected chi connectivity index (χ2v) is 5.44. The van der Waals surface area contributed by atoms with E-state index in [9.17, 15) is 4.79 Å². The van der Waals surface area contributed by atoms with Crippen molar-refractivity contribution in [3.8, 4) is 0 Å². The molecule has 22 heavy (non-hydrogen) atoms. The molecule has 0 bridgehead atoms. The van der Waals surface area contributed by atoms with E-state index >= 15 is 0 Å². The molecule has 1 aliphatic heterocycles. The molecule has 0 aliphatic carbocycles. The highest BCUT2D eigenvalue weighted by Crippen LogP contribution is 2.07. The SMILES string of the molecule is CCOC(=NCCN1CCCC1)NC(=O)c1ccccc1C. The molecule has 120 valence electrons. The molecule has 5 nitrogen and oxygen atoms in total. The second-order valence-electron chi connectivity index (χ2n) is 5.44. The predicted molar refractivity (Wildman–Crippen MR) is 88.2 cm³/mol. The molecular weight excluding hydrogens is 278 g/mol. The maximum Gasteiger partial charge on any atom is 0.291 e. The third-order valence-corrected chi connectivity index (χ3v) is 3.76. The van der Waals surface area contributed by atoms with E-state index in [1.807, 2.05) is 32.0 Å². The maximum atomic E-state index is 12.3. The van der Waals surface area contributed by atoms with Gasteiger partial charge in [0.15, 0.2) is 0 Å². The summed E-state index contributed by atoms with van der Waals surface area (Å²) in [5.41, 5.74) is 1.59. The van der Waals surface area contributed by atoms with Crippen LogP contribution in [0, 0.1) is 6.92 Å². The number of amides is 1. The van der Waals surface area contributed by atoms with E-state index in [0.717, 1.165) is 25.2 Å². The van der Waals surface area contributed by atoms with Crippen LogP contribution >= 0.6 is 0 Å². The van der Waals surface area contributed by atoms with Crippen LogP contribution in [0.5, 0.6) is 0 Å². The predicted octanol–water partition coefficient (Wildman–Crippen LogP) is 2.21. The van der Waals surface area contributed by atoms with Crippen molar-refractivity contribution in [3.05, 3.63) is 35.4 Å². The van der Waals surface area contributed by atoms with Gasteiger partial charge in [-0.05, 0) is 51.4 Å². The van der Waals surface area contributed by atoms with Gasteiger partial charge in [0.1, 0.15) is 0 Å². The number of carbonyl (C=O) groups excluding carboxylic acids is 1. The second kappa shape index (κ2) is 8.54. The molecule has 0 spiro atoms. The van der Waals surface area contributed by atoms with Crippen LogP contribution in [0.25, 0.3) is 0 Å². The first kappa shape index (κ1) is 16.5. The monoisotopic (exact) mass is 303 g/mol. The molecule has 1 heterocycles. The number of likely N-dealkylation sites (tertiary alicyclic amines) is 1. The van der Waals surface area contributed by atoms with Crippen molar-refractivity contribution in [3.63, 3.8) is 0 Å². The summed E-state index contributed by atoms with van der Waals surface area (Å²) in [5.74, 6) is -0.175. The Morgan fingerprint density at radius 1 is 1.32 bits per heavy atom. The van der Waals surface area contributed by atoms with E-state index in [-0.39, 0.29) is 5.91 Å². The van der Waals surface area contributed by atoms with E-state index in [1.54, 1.807) is 6.07 Å². The Morgan fingerprint density at radius 2 is 2.05 bits per heavy atom. The lowest BCUT2D eigenvalue weighted by atomic mass is 10.1. The van der Waals surface area contributed by atoms with Gasteiger partial charge in [-0.1, -0.05) is 18.2 Å². The minimum absolute atomic E-state index is 0.175. The van der Waals surface area contributed by atoms with Crippen LogP contribution in [0.1, 0.15) is 35.7 Å². The molecule has 0 atom stereocenters. The molecule has 1 aliphatic rings. The molecule has 0 saturated carbocycles. The summed E-state index contributed by atoms with van der Waals surface area (Å²) >= 11 is 0. The van der Waals surface area contributed by atoms with Gasteiger partial charge in [0.25, 0.3) is 11.9 Å². The average Bonchev–Trinajstić information content (AvgIpc) is 3.01. The summed E-state index contributed by atoms with van der Waals surface area (Å²) in [5, 5.41) is 2.77. The molecule has 1 N–H and O–H groups in total. The van der Waals surface area contributed by atoms with Crippen molar-refractivity contribution in [2.45, 2.75) is 26.7 Å². The molecular formula is C17H25N3O2. The lowest BCUT2D eigenvalue weighted by molar-refractivity contribution is 0.0965. The third-order valence-electron chi connectivity index (χ3n) is 3.76. The fourth-order valence-electron chi connectivity index (χ4n) is 2.55. The summed E-state index contributed by atoms with van der Waals surface area (Å²) in [4.78, 5) is 19.1. The van der Waals surface area contributed by atoms with E-state index in [0.29, 0.717) is 24.7 Å². The smallest absolute Gasteiger partial charge is 0.291 e. The van der Waals surface area contributed by atoms with Gasteiger partial charge in [0.2, 0.25) is 0 Å². The molecule has 1 fully saturated rings. The van der Waals surface area contributed by atoms with Crippen LogP contribution in [0.4, 0.5) is 0 Å². The zero-order chi connectivity index (χ0) is 15.8. The number of rotatable bonds is 5. The number of ether oxygens (including phenoxy) is 1. The molecule has 2 rings (SSSR count). The van der Waals surface area contributed by atoms with E-state index in [1.165, 1.54) is 12.8 Å². The lowest BCUT2D eigenvalue weighted by Crippen LogP contribution is -2.34. The summed E-state index contributed by atoms with van der Waals surface area (Å²) in [6.45, 7) is 8.14. The average molecular weight is 303 g/mol. The fraction of sp³-hybridized carbons (Fsp3) is 0.529. The van der Waals surface area contributed by atoms with Gasteiger partial charge in [-0.25, -0.2) is 4.99 Å². The normalized spacial score (nSPS) is 15.8. The third kappa shape index (κ3) is 4.84. The summed E-state index contributed by atoms with van der Waals surface area (Å²) in [6.07, 6.45) is 2.54. The number of aryl methyl sites for hydroxylation is 1. The van der Waals surface area contributed by atoms with E-state index < -0.39 is 0 Å². The number of nitrogens with one attached hydrogen (secondary N) is 1. The van der Waals surface area contributed by atoms with Crippen LogP contribution < -0.4 is 5.32 Å². The van der Waals surface area contributed by atoms with Crippen molar-refractivity contribution < 1.29 is 9.53 Å². The highest BCUT2D eigenvalue weighted by Gasteiger charge is 2.13. The molecule has 5 heteroatoms. The minimum atomic E-state index is -0.175. The number of benzene rings is 1. The molecule has 0 radical (unpaired) electrons. The Morgan fingerprint density at radius 3 is 2.73 bits per heavy atom. The molecule has 1 aromatic rings. The quantitative estimate of drug-likeness (QED) is 0.670. The van der Waals surface area contributed by atoms with Crippen LogP contribution in [-0.4, -0.2) is 49.6 Å². The Balaban J connectivity index is 1.92.